The van der Waals surface area contributed by atoms with Gasteiger partial charge < -0.3 is 9.64 Å². The van der Waals surface area contributed by atoms with Crippen molar-refractivity contribution in [2.75, 3.05) is 13.7 Å². The number of carbonyl (C=O) groups excluding carboxylic acids is 1. The van der Waals surface area contributed by atoms with Gasteiger partial charge in [-0.2, -0.15) is 0 Å². The average molecular weight is 226 g/mol. The van der Waals surface area contributed by atoms with Crippen LogP contribution in [-0.4, -0.2) is 42.3 Å². The van der Waals surface area contributed by atoms with E-state index in [2.05, 4.69) is 12.2 Å². The van der Waals surface area contributed by atoms with Crippen LogP contribution in [0.2, 0.25) is 0 Å². The molecule has 0 bridgehead atoms. The van der Waals surface area contributed by atoms with E-state index < -0.39 is 0 Å². The maximum absolute atomic E-state index is 12.4. The number of hydrogen-bond donors (Lipinski definition) is 1. The van der Waals surface area contributed by atoms with Crippen molar-refractivity contribution >= 4 is 5.91 Å². The minimum Gasteiger partial charge on any atom is -0.380 e. The summed E-state index contributed by atoms with van der Waals surface area (Å²) in [5.74, 6) is 0.279. The molecule has 92 valence electrons. The molecule has 2 unspecified atom stereocenters. The van der Waals surface area contributed by atoms with Crippen molar-refractivity contribution in [1.29, 1.82) is 0 Å². The van der Waals surface area contributed by atoms with Crippen LogP contribution in [0.5, 0.6) is 0 Å². The summed E-state index contributed by atoms with van der Waals surface area (Å²) in [6, 6.07) is 0. The molecule has 2 atom stereocenters. The number of methoxy groups -OCH3 is 1. The zero-order chi connectivity index (χ0) is 11.8. The molecule has 0 aromatic rings. The fraction of sp³-hybridized carbons (Fsp3) is 0.917. The van der Waals surface area contributed by atoms with Gasteiger partial charge in [0.15, 0.2) is 0 Å². The molecule has 1 spiro atoms. The summed E-state index contributed by atoms with van der Waals surface area (Å²) in [4.78, 5) is 14.3. The Labute approximate surface area is 97.3 Å². The van der Waals surface area contributed by atoms with Gasteiger partial charge in [-0.15, -0.1) is 0 Å². The van der Waals surface area contributed by atoms with Crippen LogP contribution in [0, 0.1) is 0 Å². The Balaban J connectivity index is 2.07. The highest BCUT2D eigenvalue weighted by Gasteiger charge is 2.50. The zero-order valence-electron chi connectivity index (χ0n) is 10.5. The first-order valence-corrected chi connectivity index (χ1v) is 6.20. The van der Waals surface area contributed by atoms with Gasteiger partial charge in [-0.05, 0) is 26.7 Å². The Bertz CT molecular complexity index is 274. The highest BCUT2D eigenvalue weighted by molar-refractivity contribution is 5.89. The number of rotatable bonds is 3. The SMILES string of the molecule is COC(C)CN1C(=O)C2(CCCC2)NC1C. The Morgan fingerprint density at radius 3 is 2.75 bits per heavy atom. The first-order valence-electron chi connectivity index (χ1n) is 6.20. The topological polar surface area (TPSA) is 41.6 Å². The van der Waals surface area contributed by atoms with E-state index in [9.17, 15) is 4.79 Å². The molecular formula is C12H22N2O2. The smallest absolute Gasteiger partial charge is 0.244 e. The summed E-state index contributed by atoms with van der Waals surface area (Å²) in [7, 11) is 1.69. The van der Waals surface area contributed by atoms with Gasteiger partial charge >= 0.3 is 0 Å². The Morgan fingerprint density at radius 1 is 1.56 bits per heavy atom. The lowest BCUT2D eigenvalue weighted by Gasteiger charge is -2.24. The maximum Gasteiger partial charge on any atom is 0.244 e. The van der Waals surface area contributed by atoms with E-state index >= 15 is 0 Å². The third-order valence-electron chi connectivity index (χ3n) is 3.94. The first-order chi connectivity index (χ1) is 7.59. The van der Waals surface area contributed by atoms with Crippen molar-refractivity contribution in [3.63, 3.8) is 0 Å². The van der Waals surface area contributed by atoms with E-state index in [1.165, 1.54) is 12.8 Å². The van der Waals surface area contributed by atoms with Crippen molar-refractivity contribution in [3.8, 4) is 0 Å². The van der Waals surface area contributed by atoms with E-state index in [-0.39, 0.29) is 23.7 Å². The second-order valence-electron chi connectivity index (χ2n) is 5.11. The molecule has 1 saturated heterocycles. The number of carbonyl (C=O) groups is 1. The lowest BCUT2D eigenvalue weighted by molar-refractivity contribution is -0.134. The minimum absolute atomic E-state index is 0.102. The molecule has 1 heterocycles. The van der Waals surface area contributed by atoms with Gasteiger partial charge in [0.05, 0.1) is 17.8 Å². The summed E-state index contributed by atoms with van der Waals surface area (Å²) in [6.07, 6.45) is 4.56. The van der Waals surface area contributed by atoms with Gasteiger partial charge in [-0.1, -0.05) is 12.8 Å². The lowest BCUT2D eigenvalue weighted by atomic mass is 9.98. The molecule has 16 heavy (non-hydrogen) atoms. The van der Waals surface area contributed by atoms with E-state index in [1.807, 2.05) is 11.8 Å². The molecule has 2 rings (SSSR count). The van der Waals surface area contributed by atoms with Crippen molar-refractivity contribution in [2.45, 2.75) is 57.3 Å². The summed E-state index contributed by atoms with van der Waals surface area (Å²) < 4.78 is 5.24. The molecule has 1 N–H and O–H groups in total. The molecule has 0 aromatic heterocycles. The highest BCUT2D eigenvalue weighted by atomic mass is 16.5. The molecule has 4 heteroatoms. The molecular weight excluding hydrogens is 204 g/mol. The van der Waals surface area contributed by atoms with Crippen LogP contribution in [0.1, 0.15) is 39.5 Å². The maximum atomic E-state index is 12.4. The molecule has 1 aliphatic carbocycles. The lowest BCUT2D eigenvalue weighted by Crippen LogP contribution is -2.44. The highest BCUT2D eigenvalue weighted by Crippen LogP contribution is 2.36. The number of nitrogens with zero attached hydrogens (tertiary/aromatic N) is 1. The van der Waals surface area contributed by atoms with Crippen LogP contribution in [0.25, 0.3) is 0 Å². The standard InChI is InChI=1S/C12H22N2O2/c1-9(16-3)8-14-10(2)13-12(11(14)15)6-4-5-7-12/h9-10,13H,4-8H2,1-3H3. The minimum atomic E-state index is -0.243. The quantitative estimate of drug-likeness (QED) is 0.784. The normalized spacial score (nSPS) is 30.3. The fourth-order valence-corrected chi connectivity index (χ4v) is 2.92. The molecule has 2 fully saturated rings. The predicted octanol–water partition coefficient (Wildman–Crippen LogP) is 1.11. The molecule has 4 nitrogen and oxygen atoms in total. The van der Waals surface area contributed by atoms with Gasteiger partial charge in [0, 0.05) is 13.7 Å². The third kappa shape index (κ3) is 1.84. The van der Waals surface area contributed by atoms with Gasteiger partial charge in [0.25, 0.3) is 0 Å². The monoisotopic (exact) mass is 226 g/mol. The fourth-order valence-electron chi connectivity index (χ4n) is 2.92. The van der Waals surface area contributed by atoms with Crippen LogP contribution in [0.4, 0.5) is 0 Å². The second-order valence-corrected chi connectivity index (χ2v) is 5.11. The van der Waals surface area contributed by atoms with Gasteiger partial charge in [-0.25, -0.2) is 0 Å². The van der Waals surface area contributed by atoms with Crippen molar-refractivity contribution in [2.24, 2.45) is 0 Å². The number of hydrogen-bond acceptors (Lipinski definition) is 3. The molecule has 0 radical (unpaired) electrons. The Hall–Kier alpha value is -0.610. The number of ether oxygens (including phenoxy) is 1. The van der Waals surface area contributed by atoms with Crippen LogP contribution in [0.3, 0.4) is 0 Å². The third-order valence-corrected chi connectivity index (χ3v) is 3.94. The summed E-state index contributed by atoms with van der Waals surface area (Å²) in [5.41, 5.74) is -0.243. The largest absolute Gasteiger partial charge is 0.380 e. The van der Waals surface area contributed by atoms with Crippen LogP contribution >= 0.6 is 0 Å². The Morgan fingerprint density at radius 2 is 2.19 bits per heavy atom. The molecule has 1 saturated carbocycles. The van der Waals surface area contributed by atoms with E-state index in [1.54, 1.807) is 7.11 Å². The van der Waals surface area contributed by atoms with E-state index in [0.29, 0.717) is 6.54 Å². The van der Waals surface area contributed by atoms with Crippen LogP contribution < -0.4 is 5.32 Å². The van der Waals surface area contributed by atoms with Crippen LogP contribution in [0.15, 0.2) is 0 Å². The van der Waals surface area contributed by atoms with Crippen molar-refractivity contribution < 1.29 is 9.53 Å². The van der Waals surface area contributed by atoms with Gasteiger partial charge in [0.2, 0.25) is 5.91 Å². The number of nitrogens with one attached hydrogen (secondary N) is 1. The molecule has 2 aliphatic rings. The summed E-state index contributed by atoms with van der Waals surface area (Å²) >= 11 is 0. The summed E-state index contributed by atoms with van der Waals surface area (Å²) in [5, 5.41) is 3.48. The van der Waals surface area contributed by atoms with E-state index in [0.717, 1.165) is 12.8 Å². The number of amides is 1. The second kappa shape index (κ2) is 4.34. The first kappa shape index (κ1) is 11.9. The Kier molecular flexibility index (Phi) is 3.22. The molecule has 1 amide bonds. The van der Waals surface area contributed by atoms with E-state index in [4.69, 9.17) is 4.74 Å². The zero-order valence-corrected chi connectivity index (χ0v) is 10.5. The van der Waals surface area contributed by atoms with Crippen molar-refractivity contribution in [1.82, 2.24) is 10.2 Å². The van der Waals surface area contributed by atoms with Gasteiger partial charge in [0.1, 0.15) is 0 Å². The molecule has 1 aliphatic heterocycles. The van der Waals surface area contributed by atoms with Crippen LogP contribution in [-0.2, 0) is 9.53 Å². The predicted molar refractivity (Wildman–Crippen MR) is 62.0 cm³/mol. The average Bonchev–Trinajstić information content (AvgIpc) is 2.81. The molecule has 0 aromatic carbocycles. The van der Waals surface area contributed by atoms with Crippen molar-refractivity contribution in [3.05, 3.63) is 0 Å². The summed E-state index contributed by atoms with van der Waals surface area (Å²) in [6.45, 7) is 4.75. The van der Waals surface area contributed by atoms with Gasteiger partial charge in [-0.3, -0.25) is 10.1 Å².